The number of anilines is 1. The largest absolute Gasteiger partial charge is 0.484 e. The minimum Gasteiger partial charge on any atom is -0.484 e. The molecule has 0 saturated heterocycles. The van der Waals surface area contributed by atoms with Crippen LogP contribution in [-0.4, -0.2) is 17.1 Å². The highest BCUT2D eigenvalue weighted by molar-refractivity contribution is 9.10. The Morgan fingerprint density at radius 2 is 2.16 bits per heavy atom. The number of nitrogens with one attached hydrogen (secondary N) is 1. The lowest BCUT2D eigenvalue weighted by Gasteiger charge is -2.13. The molecule has 0 atom stereocenters. The number of hydrogen-bond acceptors (Lipinski definition) is 3. The summed E-state index contributed by atoms with van der Waals surface area (Å²) < 4.78 is 19.6. The molecule has 3 nitrogen and oxygen atoms in total. The first-order valence-corrected chi connectivity index (χ1v) is 6.94. The fourth-order valence-electron chi connectivity index (χ4n) is 1.47. The number of benzene rings is 1. The van der Waals surface area contributed by atoms with Crippen molar-refractivity contribution in [1.82, 2.24) is 0 Å². The van der Waals surface area contributed by atoms with Crippen molar-refractivity contribution in [3.05, 3.63) is 28.0 Å². The van der Waals surface area contributed by atoms with Crippen molar-refractivity contribution in [3.8, 4) is 0 Å². The molecule has 1 aromatic carbocycles. The molecule has 6 heteroatoms. The molecule has 1 amide bonds. The molecule has 0 bridgehead atoms. The summed E-state index contributed by atoms with van der Waals surface area (Å²) in [5, 5.41) is 2.86. The second-order valence-corrected chi connectivity index (χ2v) is 5.63. The molecular formula is C13H15BrFNO2S. The summed E-state index contributed by atoms with van der Waals surface area (Å²) in [5.41, 5.74) is 0.897. The van der Waals surface area contributed by atoms with Gasteiger partial charge in [-0.15, -0.1) is 0 Å². The molecule has 104 valence electrons. The Morgan fingerprint density at radius 3 is 2.68 bits per heavy atom. The summed E-state index contributed by atoms with van der Waals surface area (Å²) in [6, 6.07) is 2.86. The SMILES string of the molecule is CC(=O)Nc1cc(CC(=S)OC(C)C)c(Br)cc1F. The molecule has 1 aromatic rings. The predicted molar refractivity (Wildman–Crippen MR) is 80.9 cm³/mol. The maximum absolute atomic E-state index is 13.6. The summed E-state index contributed by atoms with van der Waals surface area (Å²) in [4.78, 5) is 11.0. The molecule has 0 saturated carbocycles. The zero-order valence-corrected chi connectivity index (χ0v) is 13.3. The van der Waals surface area contributed by atoms with Gasteiger partial charge < -0.3 is 10.1 Å². The van der Waals surface area contributed by atoms with E-state index < -0.39 is 5.82 Å². The van der Waals surface area contributed by atoms with Gasteiger partial charge in [0.1, 0.15) is 5.82 Å². The third-order valence-electron chi connectivity index (χ3n) is 2.15. The van der Waals surface area contributed by atoms with Gasteiger partial charge in [-0.25, -0.2) is 4.39 Å². The lowest BCUT2D eigenvalue weighted by atomic mass is 10.1. The van der Waals surface area contributed by atoms with Gasteiger partial charge in [0.05, 0.1) is 11.8 Å². The number of rotatable bonds is 4. The standard InChI is InChI=1S/C13H15BrFNO2S/c1-7(2)18-13(19)5-9-4-12(16-8(3)17)11(15)6-10(9)14/h4,6-7H,5H2,1-3H3,(H,16,17). The summed E-state index contributed by atoms with van der Waals surface area (Å²) in [6.07, 6.45) is 0.377. The zero-order chi connectivity index (χ0) is 14.6. The minimum absolute atomic E-state index is 0.00142. The van der Waals surface area contributed by atoms with Crippen molar-refractivity contribution in [2.75, 3.05) is 5.32 Å². The average Bonchev–Trinajstić information content (AvgIpc) is 2.23. The zero-order valence-electron chi connectivity index (χ0n) is 10.9. The fraction of sp³-hybridized carbons (Fsp3) is 0.385. The van der Waals surface area contributed by atoms with Crippen molar-refractivity contribution in [3.63, 3.8) is 0 Å². The topological polar surface area (TPSA) is 38.3 Å². The molecule has 1 rings (SSSR count). The number of ether oxygens (including phenoxy) is 1. The molecule has 19 heavy (non-hydrogen) atoms. The van der Waals surface area contributed by atoms with E-state index in [4.69, 9.17) is 17.0 Å². The quantitative estimate of drug-likeness (QED) is 0.841. The molecule has 0 spiro atoms. The summed E-state index contributed by atoms with van der Waals surface area (Å²) in [6.45, 7) is 5.09. The van der Waals surface area contributed by atoms with E-state index in [1.165, 1.54) is 13.0 Å². The van der Waals surface area contributed by atoms with Gasteiger partial charge in [0.2, 0.25) is 5.91 Å². The van der Waals surface area contributed by atoms with Gasteiger partial charge in [0.15, 0.2) is 5.05 Å². The highest BCUT2D eigenvalue weighted by Crippen LogP contribution is 2.25. The Balaban J connectivity index is 2.94. The fourth-order valence-corrected chi connectivity index (χ4v) is 2.28. The van der Waals surface area contributed by atoms with Crippen molar-refractivity contribution in [2.24, 2.45) is 0 Å². The Morgan fingerprint density at radius 1 is 1.53 bits per heavy atom. The second-order valence-electron chi connectivity index (χ2n) is 4.32. The van der Waals surface area contributed by atoms with E-state index in [1.807, 2.05) is 13.8 Å². The van der Waals surface area contributed by atoms with Gasteiger partial charge in [-0.1, -0.05) is 15.9 Å². The third kappa shape index (κ3) is 5.24. The molecule has 0 unspecified atom stereocenters. The number of amides is 1. The van der Waals surface area contributed by atoms with Crippen molar-refractivity contribution >= 4 is 44.8 Å². The van der Waals surface area contributed by atoms with E-state index in [9.17, 15) is 9.18 Å². The molecule has 1 N–H and O–H groups in total. The monoisotopic (exact) mass is 347 g/mol. The molecular weight excluding hydrogens is 333 g/mol. The lowest BCUT2D eigenvalue weighted by molar-refractivity contribution is -0.114. The molecule has 0 aromatic heterocycles. The third-order valence-corrected chi connectivity index (χ3v) is 3.13. The maximum Gasteiger partial charge on any atom is 0.221 e. The van der Waals surface area contributed by atoms with Crippen molar-refractivity contribution < 1.29 is 13.9 Å². The Hall–Kier alpha value is -1.01. The van der Waals surface area contributed by atoms with Crippen LogP contribution >= 0.6 is 28.1 Å². The Labute approximate surface area is 125 Å². The van der Waals surface area contributed by atoms with Gasteiger partial charge in [-0.05, 0) is 43.8 Å². The van der Waals surface area contributed by atoms with Crippen LogP contribution in [-0.2, 0) is 16.0 Å². The summed E-state index contributed by atoms with van der Waals surface area (Å²) >= 11 is 8.39. The van der Waals surface area contributed by atoms with Crippen LogP contribution in [0.4, 0.5) is 10.1 Å². The van der Waals surface area contributed by atoms with E-state index in [1.54, 1.807) is 6.07 Å². The van der Waals surface area contributed by atoms with E-state index in [-0.39, 0.29) is 17.7 Å². The average molecular weight is 348 g/mol. The normalized spacial score (nSPS) is 10.4. The van der Waals surface area contributed by atoms with Gasteiger partial charge in [-0.2, -0.15) is 0 Å². The van der Waals surface area contributed by atoms with E-state index in [0.29, 0.717) is 15.9 Å². The van der Waals surface area contributed by atoms with Crippen LogP contribution in [0.1, 0.15) is 26.3 Å². The maximum atomic E-state index is 13.6. The first kappa shape index (κ1) is 16.0. The molecule has 0 heterocycles. The predicted octanol–water partition coefficient (Wildman–Crippen LogP) is 3.84. The number of carbonyl (C=O) groups is 1. The molecule has 0 aliphatic carbocycles. The van der Waals surface area contributed by atoms with E-state index in [2.05, 4.69) is 21.2 Å². The number of thiocarbonyl (C=S) groups is 1. The van der Waals surface area contributed by atoms with E-state index in [0.717, 1.165) is 5.56 Å². The van der Waals surface area contributed by atoms with Crippen LogP contribution in [0.3, 0.4) is 0 Å². The second kappa shape index (κ2) is 6.96. The highest BCUT2D eigenvalue weighted by Gasteiger charge is 2.12. The molecule has 0 radical (unpaired) electrons. The number of hydrogen-bond donors (Lipinski definition) is 1. The minimum atomic E-state index is -0.499. The van der Waals surface area contributed by atoms with Crippen LogP contribution in [0.15, 0.2) is 16.6 Å². The van der Waals surface area contributed by atoms with Gasteiger partial charge in [0, 0.05) is 17.8 Å². The van der Waals surface area contributed by atoms with Gasteiger partial charge >= 0.3 is 0 Å². The van der Waals surface area contributed by atoms with Gasteiger partial charge in [-0.3, -0.25) is 4.79 Å². The molecule has 0 fully saturated rings. The molecule has 0 aliphatic heterocycles. The van der Waals surface area contributed by atoms with Gasteiger partial charge in [0.25, 0.3) is 0 Å². The number of halogens is 2. The molecule has 0 aliphatic rings. The van der Waals surface area contributed by atoms with Crippen LogP contribution < -0.4 is 5.32 Å². The van der Waals surface area contributed by atoms with Crippen LogP contribution in [0.2, 0.25) is 0 Å². The first-order valence-electron chi connectivity index (χ1n) is 5.74. The Kier molecular flexibility index (Phi) is 5.87. The van der Waals surface area contributed by atoms with Crippen LogP contribution in [0, 0.1) is 5.82 Å². The summed E-state index contributed by atoms with van der Waals surface area (Å²) in [7, 11) is 0. The van der Waals surface area contributed by atoms with E-state index >= 15 is 0 Å². The smallest absolute Gasteiger partial charge is 0.221 e. The Bertz CT molecular complexity index is 506. The van der Waals surface area contributed by atoms with Crippen LogP contribution in [0.5, 0.6) is 0 Å². The number of carbonyl (C=O) groups excluding carboxylic acids is 1. The van der Waals surface area contributed by atoms with Crippen LogP contribution in [0.25, 0.3) is 0 Å². The highest BCUT2D eigenvalue weighted by atomic mass is 79.9. The summed E-state index contributed by atoms with van der Waals surface area (Å²) in [5.74, 6) is -0.824. The first-order chi connectivity index (χ1) is 8.79. The van der Waals surface area contributed by atoms with Crippen molar-refractivity contribution in [1.29, 1.82) is 0 Å². The lowest BCUT2D eigenvalue weighted by Crippen LogP contribution is -2.13. The van der Waals surface area contributed by atoms with Crippen molar-refractivity contribution in [2.45, 2.75) is 33.3 Å².